The molecule has 0 radical (unpaired) electrons. The van der Waals surface area contributed by atoms with Gasteiger partial charge in [-0.1, -0.05) is 6.92 Å². The van der Waals surface area contributed by atoms with E-state index in [-0.39, 0.29) is 0 Å². The normalized spacial score (nSPS) is 23.1. The zero-order chi connectivity index (χ0) is 13.0. The van der Waals surface area contributed by atoms with E-state index in [1.165, 1.54) is 6.33 Å². The predicted molar refractivity (Wildman–Crippen MR) is 68.1 cm³/mol. The summed E-state index contributed by atoms with van der Waals surface area (Å²) in [4.78, 5) is 8.23. The van der Waals surface area contributed by atoms with Crippen molar-refractivity contribution < 1.29 is 9.84 Å². The van der Waals surface area contributed by atoms with E-state index < -0.39 is 5.60 Å². The van der Waals surface area contributed by atoms with Crippen LogP contribution in [0.25, 0.3) is 0 Å². The second-order valence-corrected chi connectivity index (χ2v) is 4.43. The van der Waals surface area contributed by atoms with Gasteiger partial charge in [-0.3, -0.25) is 0 Å². The highest BCUT2D eigenvalue weighted by Crippen LogP contribution is 2.22. The van der Waals surface area contributed by atoms with Gasteiger partial charge in [-0.15, -0.1) is 0 Å². The van der Waals surface area contributed by atoms with Crippen molar-refractivity contribution in [3.8, 4) is 0 Å². The maximum Gasteiger partial charge on any atom is 0.148 e. The van der Waals surface area contributed by atoms with Gasteiger partial charge in [-0.2, -0.15) is 0 Å². The van der Waals surface area contributed by atoms with E-state index in [2.05, 4.69) is 20.7 Å². The first-order valence-electron chi connectivity index (χ1n) is 6.03. The van der Waals surface area contributed by atoms with Crippen LogP contribution in [0.3, 0.4) is 0 Å². The molecule has 5 N–H and O–H groups in total. The van der Waals surface area contributed by atoms with Crippen molar-refractivity contribution in [3.63, 3.8) is 0 Å². The summed E-state index contributed by atoms with van der Waals surface area (Å²) in [6.45, 7) is 3.35. The average molecular weight is 253 g/mol. The number of anilines is 2. The first kappa shape index (κ1) is 13.0. The Morgan fingerprint density at radius 3 is 2.89 bits per heavy atom. The van der Waals surface area contributed by atoms with Crippen molar-refractivity contribution in [2.45, 2.75) is 25.4 Å². The van der Waals surface area contributed by atoms with E-state index >= 15 is 0 Å². The Kier molecular flexibility index (Phi) is 3.95. The van der Waals surface area contributed by atoms with Crippen LogP contribution >= 0.6 is 0 Å². The summed E-state index contributed by atoms with van der Waals surface area (Å²) in [7, 11) is 0. The Hall–Kier alpha value is -1.44. The molecule has 2 rings (SSSR count). The molecule has 1 unspecified atom stereocenters. The van der Waals surface area contributed by atoms with Gasteiger partial charge in [-0.25, -0.2) is 15.8 Å². The Bertz CT molecular complexity index is 406. The van der Waals surface area contributed by atoms with Crippen LogP contribution in [0.15, 0.2) is 6.33 Å². The molecule has 1 aromatic rings. The highest BCUT2D eigenvalue weighted by atomic mass is 16.5. The fourth-order valence-electron chi connectivity index (χ4n) is 2.01. The van der Waals surface area contributed by atoms with Gasteiger partial charge in [0.15, 0.2) is 0 Å². The lowest BCUT2D eigenvalue weighted by Gasteiger charge is -2.22. The highest BCUT2D eigenvalue weighted by molar-refractivity contribution is 5.56. The van der Waals surface area contributed by atoms with Crippen LogP contribution in [-0.2, 0) is 11.2 Å². The number of hydrogen-bond acceptors (Lipinski definition) is 7. The van der Waals surface area contributed by atoms with Crippen molar-refractivity contribution in [2.24, 2.45) is 5.84 Å². The molecular formula is C11H19N5O2. The molecule has 0 spiro atoms. The second kappa shape index (κ2) is 5.47. The predicted octanol–water partition coefficient (Wildman–Crippen LogP) is -0.112. The van der Waals surface area contributed by atoms with Crippen LogP contribution in [0, 0.1) is 0 Å². The third kappa shape index (κ3) is 2.69. The molecule has 18 heavy (non-hydrogen) atoms. The molecule has 1 fully saturated rings. The summed E-state index contributed by atoms with van der Waals surface area (Å²) >= 11 is 0. The summed E-state index contributed by atoms with van der Waals surface area (Å²) in [5.41, 5.74) is 2.64. The van der Waals surface area contributed by atoms with Gasteiger partial charge in [0.25, 0.3) is 0 Å². The quantitative estimate of drug-likeness (QED) is 0.428. The molecule has 7 heteroatoms. The molecule has 0 amide bonds. The number of ether oxygens (including phenoxy) is 1. The molecule has 1 aliphatic rings. The van der Waals surface area contributed by atoms with E-state index in [0.29, 0.717) is 37.8 Å². The molecule has 1 aliphatic heterocycles. The average Bonchev–Trinajstić information content (AvgIpc) is 2.83. The van der Waals surface area contributed by atoms with Gasteiger partial charge in [-0.05, 0) is 6.42 Å². The second-order valence-electron chi connectivity index (χ2n) is 4.43. The van der Waals surface area contributed by atoms with Gasteiger partial charge >= 0.3 is 0 Å². The molecule has 0 saturated carbocycles. The van der Waals surface area contributed by atoms with Gasteiger partial charge in [0, 0.05) is 25.1 Å². The molecule has 1 aromatic heterocycles. The lowest BCUT2D eigenvalue weighted by molar-refractivity contribution is 0.0381. The minimum atomic E-state index is -0.813. The number of aromatic nitrogens is 2. The number of nitrogen functional groups attached to an aromatic ring is 1. The fourth-order valence-corrected chi connectivity index (χ4v) is 2.01. The van der Waals surface area contributed by atoms with Crippen LogP contribution < -0.4 is 16.6 Å². The van der Waals surface area contributed by atoms with Gasteiger partial charge in [0.2, 0.25) is 0 Å². The lowest BCUT2D eigenvalue weighted by atomic mass is 10.0. The third-order valence-corrected chi connectivity index (χ3v) is 3.10. The van der Waals surface area contributed by atoms with Gasteiger partial charge < -0.3 is 20.6 Å². The van der Waals surface area contributed by atoms with Crippen LogP contribution in [0.1, 0.15) is 18.9 Å². The highest BCUT2D eigenvalue weighted by Gasteiger charge is 2.32. The van der Waals surface area contributed by atoms with Crippen molar-refractivity contribution in [1.82, 2.24) is 9.97 Å². The van der Waals surface area contributed by atoms with Crippen LogP contribution in [0.4, 0.5) is 11.6 Å². The summed E-state index contributed by atoms with van der Waals surface area (Å²) in [5.74, 6) is 6.70. The van der Waals surface area contributed by atoms with Crippen molar-refractivity contribution in [2.75, 3.05) is 30.5 Å². The lowest BCUT2D eigenvalue weighted by Crippen LogP contribution is -2.37. The number of aliphatic hydroxyl groups is 1. The van der Waals surface area contributed by atoms with E-state index in [0.717, 1.165) is 12.0 Å². The summed E-state index contributed by atoms with van der Waals surface area (Å²) in [6, 6.07) is 0. The van der Waals surface area contributed by atoms with Crippen molar-refractivity contribution >= 4 is 11.6 Å². The molecule has 0 bridgehead atoms. The Balaban J connectivity index is 2.09. The molecule has 1 atom stereocenters. The summed E-state index contributed by atoms with van der Waals surface area (Å²) in [6.07, 6.45) is 2.82. The van der Waals surface area contributed by atoms with Crippen molar-refractivity contribution in [1.29, 1.82) is 0 Å². The minimum absolute atomic E-state index is 0.356. The molecule has 0 aromatic carbocycles. The number of nitrogens with zero attached hydrogens (tertiary/aromatic N) is 2. The van der Waals surface area contributed by atoms with Crippen molar-refractivity contribution in [3.05, 3.63) is 11.9 Å². The molecule has 0 aliphatic carbocycles. The van der Waals surface area contributed by atoms with Crippen LogP contribution in [0.5, 0.6) is 0 Å². The number of hydrogen-bond donors (Lipinski definition) is 4. The van der Waals surface area contributed by atoms with E-state index in [1.807, 2.05) is 6.92 Å². The van der Waals surface area contributed by atoms with E-state index in [9.17, 15) is 5.11 Å². The van der Waals surface area contributed by atoms with Crippen LogP contribution in [0.2, 0.25) is 0 Å². The first-order valence-corrected chi connectivity index (χ1v) is 6.03. The zero-order valence-electron chi connectivity index (χ0n) is 10.4. The molecule has 100 valence electrons. The number of nitrogens with one attached hydrogen (secondary N) is 2. The minimum Gasteiger partial charge on any atom is -0.386 e. The number of hydrazine groups is 1. The van der Waals surface area contributed by atoms with Crippen LogP contribution in [-0.4, -0.2) is 40.4 Å². The Labute approximate surface area is 106 Å². The summed E-state index contributed by atoms with van der Waals surface area (Å²) < 4.78 is 5.19. The zero-order valence-corrected chi connectivity index (χ0v) is 10.4. The topological polar surface area (TPSA) is 105 Å². The molecule has 1 saturated heterocycles. The fraction of sp³-hybridized carbons (Fsp3) is 0.636. The number of nitrogens with two attached hydrogens (primary N) is 1. The smallest absolute Gasteiger partial charge is 0.148 e. The maximum atomic E-state index is 10.2. The monoisotopic (exact) mass is 253 g/mol. The van der Waals surface area contributed by atoms with E-state index in [4.69, 9.17) is 10.6 Å². The first-order chi connectivity index (χ1) is 8.68. The maximum absolute atomic E-state index is 10.2. The van der Waals surface area contributed by atoms with Gasteiger partial charge in [0.1, 0.15) is 23.6 Å². The molecule has 7 nitrogen and oxygen atoms in total. The standard InChI is InChI=1S/C11H19N5O2/c1-2-8-9(14-7-15-10(8)16-12)13-5-11(17)3-4-18-6-11/h7,17H,2-6,12H2,1H3,(H2,13,14,15,16). The SMILES string of the molecule is CCc1c(NN)ncnc1NCC1(O)CCOC1. The van der Waals surface area contributed by atoms with Gasteiger partial charge in [0.05, 0.1) is 6.61 Å². The Morgan fingerprint density at radius 2 is 2.28 bits per heavy atom. The summed E-state index contributed by atoms with van der Waals surface area (Å²) in [5, 5.41) is 13.3. The van der Waals surface area contributed by atoms with E-state index in [1.54, 1.807) is 0 Å². The Morgan fingerprint density at radius 1 is 1.50 bits per heavy atom. The molecule has 2 heterocycles. The third-order valence-electron chi connectivity index (χ3n) is 3.10. The molecular weight excluding hydrogens is 234 g/mol. The number of rotatable bonds is 5. The largest absolute Gasteiger partial charge is 0.386 e.